The molecule has 1 aromatic heterocycles. The van der Waals surface area contributed by atoms with Gasteiger partial charge in [-0.2, -0.15) is 0 Å². The van der Waals surface area contributed by atoms with Crippen molar-refractivity contribution in [2.75, 3.05) is 7.05 Å². The molecule has 1 saturated carbocycles. The largest absolute Gasteiger partial charge is 0.467 e. The summed E-state index contributed by atoms with van der Waals surface area (Å²) in [5.41, 5.74) is 1.39. The van der Waals surface area contributed by atoms with Crippen molar-refractivity contribution in [1.29, 1.82) is 0 Å². The molecule has 1 aliphatic rings. The lowest BCUT2D eigenvalue weighted by Crippen LogP contribution is -2.38. The summed E-state index contributed by atoms with van der Waals surface area (Å²) in [7, 11) is 1.79. The third-order valence-electron chi connectivity index (χ3n) is 3.57. The monoisotopic (exact) mass is 397 g/mol. The number of hydrogen-bond donors (Lipinski definition) is 2. The number of benzene rings is 1. The van der Waals surface area contributed by atoms with Gasteiger partial charge in [0, 0.05) is 19.0 Å². The van der Waals surface area contributed by atoms with Crippen molar-refractivity contribution in [3.8, 4) is 0 Å². The number of hydrogen-bond acceptors (Lipinski definition) is 2. The maximum atomic E-state index is 5.29. The van der Waals surface area contributed by atoms with Crippen LogP contribution in [0.25, 0.3) is 0 Å². The van der Waals surface area contributed by atoms with Crippen LogP contribution in [0.4, 0.5) is 0 Å². The Morgan fingerprint density at radius 3 is 2.71 bits per heavy atom. The van der Waals surface area contributed by atoms with E-state index in [4.69, 9.17) is 4.42 Å². The van der Waals surface area contributed by atoms with E-state index < -0.39 is 0 Å². The molecule has 112 valence electrons. The molecule has 2 N–H and O–H groups in total. The topological polar surface area (TPSA) is 49.6 Å². The lowest BCUT2D eigenvalue weighted by molar-refractivity contribution is 0.501. The molecule has 2 aromatic rings. The van der Waals surface area contributed by atoms with Gasteiger partial charge in [0.1, 0.15) is 5.76 Å². The van der Waals surface area contributed by atoms with Crippen LogP contribution in [0.5, 0.6) is 0 Å². The summed E-state index contributed by atoms with van der Waals surface area (Å²) in [4.78, 5) is 4.25. The molecule has 21 heavy (non-hydrogen) atoms. The Hall–Kier alpha value is -1.50. The summed E-state index contributed by atoms with van der Waals surface area (Å²) < 4.78 is 5.29. The second kappa shape index (κ2) is 7.49. The first-order valence-corrected chi connectivity index (χ1v) is 6.91. The predicted octanol–water partition coefficient (Wildman–Crippen LogP) is 3.12. The van der Waals surface area contributed by atoms with Gasteiger partial charge < -0.3 is 15.1 Å². The Morgan fingerprint density at radius 1 is 1.24 bits per heavy atom. The van der Waals surface area contributed by atoms with E-state index in [-0.39, 0.29) is 24.0 Å². The molecule has 0 aliphatic heterocycles. The molecule has 1 fully saturated rings. The van der Waals surface area contributed by atoms with Gasteiger partial charge in [0.05, 0.1) is 12.8 Å². The Bertz CT molecular complexity index is 568. The van der Waals surface area contributed by atoms with Crippen molar-refractivity contribution < 1.29 is 4.42 Å². The van der Waals surface area contributed by atoms with E-state index in [9.17, 15) is 0 Å². The summed E-state index contributed by atoms with van der Waals surface area (Å²) in [6.07, 6.45) is 2.84. The molecule has 1 aliphatic carbocycles. The lowest BCUT2D eigenvalue weighted by Gasteiger charge is -2.10. The zero-order chi connectivity index (χ0) is 13.8. The van der Waals surface area contributed by atoms with Gasteiger partial charge in [0.2, 0.25) is 0 Å². The number of guanidine groups is 1. The molecule has 2 atom stereocenters. The SMILES string of the molecule is CN=C(NCc1ccco1)NC1CC1c1ccccc1.I. The van der Waals surface area contributed by atoms with Crippen molar-refractivity contribution in [1.82, 2.24) is 10.6 Å². The number of aliphatic imine (C=N–C) groups is 1. The molecule has 2 unspecified atom stereocenters. The first kappa shape index (κ1) is 15.9. The van der Waals surface area contributed by atoms with Crippen LogP contribution in [0.1, 0.15) is 23.7 Å². The Labute approximate surface area is 142 Å². The molecule has 4 nitrogen and oxygen atoms in total. The first-order chi connectivity index (χ1) is 9.86. The average Bonchev–Trinajstić information content (AvgIpc) is 3.06. The Balaban J connectivity index is 0.00000161. The maximum Gasteiger partial charge on any atom is 0.191 e. The molecule has 0 radical (unpaired) electrons. The first-order valence-electron chi connectivity index (χ1n) is 6.91. The van der Waals surface area contributed by atoms with Crippen LogP contribution >= 0.6 is 24.0 Å². The molecule has 0 spiro atoms. The fourth-order valence-corrected chi connectivity index (χ4v) is 2.38. The third kappa shape index (κ3) is 4.23. The molecule has 1 aromatic carbocycles. The molecular formula is C16H20IN3O. The zero-order valence-corrected chi connectivity index (χ0v) is 14.3. The fraction of sp³-hybridized carbons (Fsp3) is 0.312. The van der Waals surface area contributed by atoms with E-state index in [0.717, 1.165) is 18.1 Å². The van der Waals surface area contributed by atoms with Crippen LogP contribution in [0, 0.1) is 0 Å². The highest BCUT2D eigenvalue weighted by Gasteiger charge is 2.38. The van der Waals surface area contributed by atoms with Gasteiger partial charge in [-0.15, -0.1) is 24.0 Å². The van der Waals surface area contributed by atoms with Crippen LogP contribution in [0.3, 0.4) is 0 Å². The van der Waals surface area contributed by atoms with Gasteiger partial charge in [0.15, 0.2) is 5.96 Å². The standard InChI is InChI=1S/C16H19N3O.HI/c1-17-16(18-11-13-8-5-9-20-13)19-15-10-14(15)12-6-3-2-4-7-12;/h2-9,14-15H,10-11H2,1H3,(H2,17,18,19);1H. The smallest absolute Gasteiger partial charge is 0.191 e. The second-order valence-electron chi connectivity index (χ2n) is 5.01. The Morgan fingerprint density at radius 2 is 2.05 bits per heavy atom. The highest BCUT2D eigenvalue weighted by molar-refractivity contribution is 14.0. The van der Waals surface area contributed by atoms with Crippen LogP contribution in [0.2, 0.25) is 0 Å². The fourth-order valence-electron chi connectivity index (χ4n) is 2.38. The minimum absolute atomic E-state index is 0. The summed E-state index contributed by atoms with van der Waals surface area (Å²) in [5, 5.41) is 6.71. The van der Waals surface area contributed by atoms with Gasteiger partial charge in [-0.3, -0.25) is 4.99 Å². The van der Waals surface area contributed by atoms with Gasteiger partial charge in [0.25, 0.3) is 0 Å². The van der Waals surface area contributed by atoms with E-state index in [1.807, 2.05) is 12.1 Å². The summed E-state index contributed by atoms with van der Waals surface area (Å²) in [5.74, 6) is 2.33. The number of furan rings is 1. The van der Waals surface area contributed by atoms with Gasteiger partial charge in [-0.1, -0.05) is 30.3 Å². The van der Waals surface area contributed by atoms with Crippen LogP contribution in [-0.2, 0) is 6.54 Å². The number of nitrogens with one attached hydrogen (secondary N) is 2. The quantitative estimate of drug-likeness (QED) is 0.474. The molecule has 0 saturated heterocycles. The molecule has 0 bridgehead atoms. The predicted molar refractivity (Wildman–Crippen MR) is 95.0 cm³/mol. The number of nitrogens with zero attached hydrogens (tertiary/aromatic N) is 1. The number of halogens is 1. The summed E-state index contributed by atoms with van der Waals surface area (Å²) >= 11 is 0. The highest BCUT2D eigenvalue weighted by Crippen LogP contribution is 2.40. The van der Waals surface area contributed by atoms with E-state index in [1.165, 1.54) is 5.56 Å². The average molecular weight is 397 g/mol. The molecule has 3 rings (SSSR count). The highest BCUT2D eigenvalue weighted by atomic mass is 127. The third-order valence-corrected chi connectivity index (χ3v) is 3.57. The Kier molecular flexibility index (Phi) is 5.67. The van der Waals surface area contributed by atoms with E-state index in [2.05, 4.69) is 46.0 Å². The van der Waals surface area contributed by atoms with Crippen LogP contribution in [-0.4, -0.2) is 19.0 Å². The number of rotatable bonds is 4. The van der Waals surface area contributed by atoms with Crippen molar-refractivity contribution in [3.05, 3.63) is 60.1 Å². The van der Waals surface area contributed by atoms with Crippen molar-refractivity contribution >= 4 is 29.9 Å². The van der Waals surface area contributed by atoms with E-state index >= 15 is 0 Å². The molecule has 5 heteroatoms. The summed E-state index contributed by atoms with van der Waals surface area (Å²) in [6, 6.07) is 14.9. The van der Waals surface area contributed by atoms with Crippen molar-refractivity contribution in [2.45, 2.75) is 24.9 Å². The second-order valence-corrected chi connectivity index (χ2v) is 5.01. The van der Waals surface area contributed by atoms with Crippen LogP contribution < -0.4 is 10.6 Å². The van der Waals surface area contributed by atoms with Crippen molar-refractivity contribution in [3.63, 3.8) is 0 Å². The minimum atomic E-state index is 0. The van der Waals surface area contributed by atoms with E-state index in [0.29, 0.717) is 18.5 Å². The zero-order valence-electron chi connectivity index (χ0n) is 12.0. The van der Waals surface area contributed by atoms with Crippen molar-refractivity contribution in [2.24, 2.45) is 4.99 Å². The molecule has 0 amide bonds. The van der Waals surface area contributed by atoms with Gasteiger partial charge >= 0.3 is 0 Å². The normalized spacial score (nSPS) is 20.5. The molecular weight excluding hydrogens is 377 g/mol. The summed E-state index contributed by atoms with van der Waals surface area (Å²) in [6.45, 7) is 0.648. The lowest BCUT2D eigenvalue weighted by atomic mass is 10.1. The molecule has 1 heterocycles. The van der Waals surface area contributed by atoms with E-state index in [1.54, 1.807) is 13.3 Å². The van der Waals surface area contributed by atoms with Gasteiger partial charge in [-0.25, -0.2) is 0 Å². The van der Waals surface area contributed by atoms with Crippen LogP contribution in [0.15, 0.2) is 58.1 Å². The minimum Gasteiger partial charge on any atom is -0.467 e. The van der Waals surface area contributed by atoms with Gasteiger partial charge in [-0.05, 0) is 24.1 Å². The maximum absolute atomic E-state index is 5.29.